The van der Waals surface area contributed by atoms with Gasteiger partial charge in [0.1, 0.15) is 0 Å². The molecule has 1 aromatic carbocycles. The highest BCUT2D eigenvalue weighted by Crippen LogP contribution is 2.13. The summed E-state index contributed by atoms with van der Waals surface area (Å²) in [7, 11) is -4.07. The maximum Gasteiger partial charge on any atom is 0.294 e. The monoisotopic (exact) mass is 299 g/mol. The summed E-state index contributed by atoms with van der Waals surface area (Å²) >= 11 is 0. The van der Waals surface area contributed by atoms with Crippen molar-refractivity contribution in [1.82, 2.24) is 0 Å². The van der Waals surface area contributed by atoms with Gasteiger partial charge in [-0.2, -0.15) is 8.42 Å². The lowest BCUT2D eigenvalue weighted by atomic mass is 10.0. The zero-order valence-corrected chi connectivity index (χ0v) is 12.7. The van der Waals surface area contributed by atoms with Crippen LogP contribution in [-0.2, 0) is 16.5 Å². The van der Waals surface area contributed by atoms with Crippen LogP contribution >= 0.6 is 0 Å². The van der Waals surface area contributed by atoms with Crippen molar-refractivity contribution in [2.45, 2.75) is 56.3 Å². The predicted octanol–water partition coefficient (Wildman–Crippen LogP) is 3.17. The maximum atomic E-state index is 10.9. The topological polar surface area (TPSA) is 80.4 Å². The van der Waals surface area contributed by atoms with E-state index in [4.69, 9.17) is 10.3 Å². The van der Waals surface area contributed by atoms with E-state index in [0.29, 0.717) is 0 Å². The Morgan fingerprint density at radius 2 is 1.35 bits per heavy atom. The Bertz CT molecular complexity index is 468. The largest absolute Gasteiger partial charge is 0.330 e. The van der Waals surface area contributed by atoms with E-state index < -0.39 is 10.1 Å². The highest BCUT2D eigenvalue weighted by atomic mass is 32.2. The first-order valence-corrected chi connectivity index (χ1v) is 8.74. The molecule has 0 aromatic heterocycles. The molecule has 0 fully saturated rings. The smallest absolute Gasteiger partial charge is 0.294 e. The minimum absolute atomic E-state index is 0.0406. The minimum Gasteiger partial charge on any atom is -0.330 e. The van der Waals surface area contributed by atoms with Gasteiger partial charge in [-0.15, -0.1) is 0 Å². The van der Waals surface area contributed by atoms with E-state index >= 15 is 0 Å². The van der Waals surface area contributed by atoms with Gasteiger partial charge in [0.2, 0.25) is 0 Å². The molecule has 0 heterocycles. The van der Waals surface area contributed by atoms with Crippen molar-refractivity contribution >= 4 is 10.1 Å². The Morgan fingerprint density at radius 1 is 0.850 bits per heavy atom. The van der Waals surface area contributed by atoms with Gasteiger partial charge < -0.3 is 5.73 Å². The molecule has 4 nitrogen and oxygen atoms in total. The van der Waals surface area contributed by atoms with Crippen molar-refractivity contribution in [3.63, 3.8) is 0 Å². The standard InChI is InChI=1S/C15H25NO3S/c16-13-7-5-3-1-2-4-6-8-14-9-11-15(12-10-14)20(17,18)19/h9-12H,1-8,13,16H2,(H,17,18,19). The van der Waals surface area contributed by atoms with Crippen LogP contribution in [-0.4, -0.2) is 19.5 Å². The molecule has 114 valence electrons. The SMILES string of the molecule is NCCCCCCCCCc1ccc(S(=O)(=O)O)cc1. The highest BCUT2D eigenvalue weighted by molar-refractivity contribution is 7.85. The molecular formula is C15H25NO3S. The Balaban J connectivity index is 2.16. The summed E-state index contributed by atoms with van der Waals surface area (Å²) in [5.74, 6) is 0. The second-order valence-electron chi connectivity index (χ2n) is 5.13. The number of hydrogen-bond acceptors (Lipinski definition) is 3. The molecule has 0 saturated heterocycles. The lowest BCUT2D eigenvalue weighted by Gasteiger charge is -2.03. The van der Waals surface area contributed by atoms with Crippen molar-refractivity contribution in [2.75, 3.05) is 6.54 Å². The molecule has 5 heteroatoms. The van der Waals surface area contributed by atoms with Crippen LogP contribution < -0.4 is 5.73 Å². The molecule has 0 atom stereocenters. The van der Waals surface area contributed by atoms with Gasteiger partial charge in [0, 0.05) is 0 Å². The Labute approximate surface area is 122 Å². The molecule has 0 bridgehead atoms. The molecule has 0 amide bonds. The van der Waals surface area contributed by atoms with E-state index in [1.54, 1.807) is 12.1 Å². The fourth-order valence-electron chi connectivity index (χ4n) is 2.19. The predicted molar refractivity (Wildman–Crippen MR) is 81.3 cm³/mol. The van der Waals surface area contributed by atoms with Crippen molar-refractivity contribution in [1.29, 1.82) is 0 Å². The number of rotatable bonds is 10. The minimum atomic E-state index is -4.07. The Morgan fingerprint density at radius 3 is 1.85 bits per heavy atom. The molecule has 3 N–H and O–H groups in total. The normalized spacial score (nSPS) is 11.7. The average Bonchev–Trinajstić information content (AvgIpc) is 2.41. The molecule has 1 aromatic rings. The van der Waals surface area contributed by atoms with Crippen molar-refractivity contribution in [3.05, 3.63) is 29.8 Å². The van der Waals surface area contributed by atoms with E-state index in [-0.39, 0.29) is 4.90 Å². The van der Waals surface area contributed by atoms with Crippen molar-refractivity contribution in [3.8, 4) is 0 Å². The third-order valence-corrected chi connectivity index (χ3v) is 4.26. The fourth-order valence-corrected chi connectivity index (χ4v) is 2.67. The van der Waals surface area contributed by atoms with E-state index in [2.05, 4.69) is 0 Å². The molecule has 0 radical (unpaired) electrons. The van der Waals surface area contributed by atoms with E-state index in [0.717, 1.165) is 31.4 Å². The van der Waals surface area contributed by atoms with Gasteiger partial charge in [-0.3, -0.25) is 4.55 Å². The van der Waals surface area contributed by atoms with Crippen LogP contribution in [0.25, 0.3) is 0 Å². The lowest BCUT2D eigenvalue weighted by Crippen LogP contribution is -1.98. The van der Waals surface area contributed by atoms with Crippen LogP contribution in [0.5, 0.6) is 0 Å². The van der Waals surface area contributed by atoms with Crippen LogP contribution in [0.3, 0.4) is 0 Å². The van der Waals surface area contributed by atoms with Crippen LogP contribution in [0.15, 0.2) is 29.2 Å². The summed E-state index contributed by atoms with van der Waals surface area (Å²) in [4.78, 5) is -0.0406. The van der Waals surface area contributed by atoms with Gasteiger partial charge in [-0.25, -0.2) is 0 Å². The van der Waals surface area contributed by atoms with Gasteiger partial charge in [0.05, 0.1) is 4.90 Å². The average molecular weight is 299 g/mol. The zero-order chi connectivity index (χ0) is 14.8. The third-order valence-electron chi connectivity index (χ3n) is 3.39. The second-order valence-corrected chi connectivity index (χ2v) is 6.55. The lowest BCUT2D eigenvalue weighted by molar-refractivity contribution is 0.483. The summed E-state index contributed by atoms with van der Waals surface area (Å²) < 4.78 is 30.7. The van der Waals surface area contributed by atoms with Crippen LogP contribution in [0.1, 0.15) is 50.5 Å². The molecule has 0 aliphatic carbocycles. The van der Waals surface area contributed by atoms with Gasteiger partial charge in [0.25, 0.3) is 10.1 Å². The van der Waals surface area contributed by atoms with Crippen molar-refractivity contribution in [2.24, 2.45) is 5.73 Å². The van der Waals surface area contributed by atoms with Crippen molar-refractivity contribution < 1.29 is 13.0 Å². The first-order valence-electron chi connectivity index (χ1n) is 7.30. The number of aryl methyl sites for hydroxylation is 1. The molecular weight excluding hydrogens is 274 g/mol. The quantitative estimate of drug-likeness (QED) is 0.513. The summed E-state index contributed by atoms with van der Waals surface area (Å²) in [5, 5.41) is 0. The molecule has 0 unspecified atom stereocenters. The first kappa shape index (κ1) is 17.1. The van der Waals surface area contributed by atoms with Gasteiger partial charge in [-0.1, -0.05) is 44.2 Å². The molecule has 0 aliphatic rings. The zero-order valence-electron chi connectivity index (χ0n) is 11.9. The molecule has 1 rings (SSSR count). The molecule has 0 aliphatic heterocycles. The van der Waals surface area contributed by atoms with Crippen LogP contribution in [0.2, 0.25) is 0 Å². The Kier molecular flexibility index (Phi) is 7.80. The molecule has 0 saturated carbocycles. The summed E-state index contributed by atoms with van der Waals surface area (Å²) in [6, 6.07) is 6.45. The van der Waals surface area contributed by atoms with Gasteiger partial charge in [0.15, 0.2) is 0 Å². The van der Waals surface area contributed by atoms with Crippen LogP contribution in [0.4, 0.5) is 0 Å². The number of benzene rings is 1. The molecule has 20 heavy (non-hydrogen) atoms. The maximum absolute atomic E-state index is 10.9. The van der Waals surface area contributed by atoms with Gasteiger partial charge >= 0.3 is 0 Å². The van der Waals surface area contributed by atoms with E-state index in [1.807, 2.05) is 0 Å². The van der Waals surface area contributed by atoms with E-state index in [9.17, 15) is 8.42 Å². The molecule has 0 spiro atoms. The van der Waals surface area contributed by atoms with Gasteiger partial charge in [-0.05, 0) is 43.5 Å². The Hall–Kier alpha value is -0.910. The third kappa shape index (κ3) is 7.03. The number of nitrogens with two attached hydrogens (primary N) is 1. The van der Waals surface area contributed by atoms with Crippen LogP contribution in [0, 0.1) is 0 Å². The summed E-state index contributed by atoms with van der Waals surface area (Å²) in [5.41, 5.74) is 6.55. The first-order chi connectivity index (χ1) is 9.54. The second kappa shape index (κ2) is 9.10. The number of unbranched alkanes of at least 4 members (excludes halogenated alkanes) is 6. The highest BCUT2D eigenvalue weighted by Gasteiger charge is 2.07. The summed E-state index contributed by atoms with van der Waals surface area (Å²) in [6.45, 7) is 0.791. The van der Waals surface area contributed by atoms with E-state index in [1.165, 1.54) is 44.2 Å². The fraction of sp³-hybridized carbons (Fsp3) is 0.600. The summed E-state index contributed by atoms with van der Waals surface area (Å²) in [6.07, 6.45) is 9.39. The number of hydrogen-bond donors (Lipinski definition) is 2.